The molecule has 0 radical (unpaired) electrons. The molecule has 0 heterocycles. The molecule has 0 aliphatic heterocycles. The Balaban J connectivity index is 1.85. The van der Waals surface area contributed by atoms with Crippen molar-refractivity contribution in [2.24, 2.45) is 5.92 Å². The smallest absolute Gasteiger partial charge is 0.0509 e. The predicted molar refractivity (Wildman–Crippen MR) is 75.9 cm³/mol. The Bertz CT molecular complexity index is 360. The molecule has 1 unspecified atom stereocenters. The molecule has 0 aromatic heterocycles. The molecule has 18 heavy (non-hydrogen) atoms. The summed E-state index contributed by atoms with van der Waals surface area (Å²) < 4.78 is 5.61. The summed E-state index contributed by atoms with van der Waals surface area (Å²) in [6.45, 7) is 6.98. The third-order valence-corrected chi connectivity index (χ3v) is 3.44. The number of aryl methyl sites for hydroxylation is 1. The van der Waals surface area contributed by atoms with Gasteiger partial charge in [-0.2, -0.15) is 0 Å². The van der Waals surface area contributed by atoms with E-state index >= 15 is 0 Å². The van der Waals surface area contributed by atoms with Crippen molar-refractivity contribution in [3.63, 3.8) is 0 Å². The third-order valence-electron chi connectivity index (χ3n) is 3.44. The second-order valence-electron chi connectivity index (χ2n) is 5.40. The number of nitrogens with one attached hydrogen (secondary N) is 1. The lowest BCUT2D eigenvalue weighted by Crippen LogP contribution is -2.29. The molecule has 2 heteroatoms. The summed E-state index contributed by atoms with van der Waals surface area (Å²) in [5.74, 6) is 0.590. The van der Waals surface area contributed by atoms with Crippen molar-refractivity contribution in [3.05, 3.63) is 35.4 Å². The minimum absolute atomic E-state index is 0.590. The molecule has 0 amide bonds. The highest BCUT2D eigenvalue weighted by molar-refractivity contribution is 5.22. The van der Waals surface area contributed by atoms with E-state index in [1.54, 1.807) is 0 Å². The lowest BCUT2D eigenvalue weighted by Gasteiger charge is -2.18. The number of ether oxygens (including phenoxy) is 1. The maximum Gasteiger partial charge on any atom is 0.0509 e. The van der Waals surface area contributed by atoms with Gasteiger partial charge >= 0.3 is 0 Å². The zero-order valence-corrected chi connectivity index (χ0v) is 11.6. The lowest BCUT2D eigenvalue weighted by atomic mass is 9.98. The highest BCUT2D eigenvalue weighted by atomic mass is 16.5. The molecule has 1 fully saturated rings. The maximum absolute atomic E-state index is 5.61. The Kier molecular flexibility index (Phi) is 5.21. The van der Waals surface area contributed by atoms with Crippen molar-refractivity contribution in [3.8, 4) is 0 Å². The summed E-state index contributed by atoms with van der Waals surface area (Å²) in [5, 5.41) is 3.62. The first-order valence-corrected chi connectivity index (χ1v) is 7.14. The zero-order chi connectivity index (χ0) is 12.8. The normalized spacial score (nSPS) is 16.8. The summed E-state index contributed by atoms with van der Waals surface area (Å²) in [6, 6.07) is 9.60. The lowest BCUT2D eigenvalue weighted by molar-refractivity contribution is 0.109. The van der Waals surface area contributed by atoms with Crippen LogP contribution in [0.3, 0.4) is 0 Å². The van der Waals surface area contributed by atoms with Crippen molar-refractivity contribution in [2.75, 3.05) is 19.8 Å². The van der Waals surface area contributed by atoms with E-state index in [0.717, 1.165) is 32.2 Å². The average Bonchev–Trinajstić information content (AvgIpc) is 3.17. The SMILES string of the molecule is CCOCC(CNC1CC1)Cc1cccc(C)c1. The molecule has 2 rings (SSSR count). The van der Waals surface area contributed by atoms with E-state index in [2.05, 4.69) is 43.4 Å². The predicted octanol–water partition coefficient (Wildman–Crippen LogP) is 2.94. The second-order valence-corrected chi connectivity index (χ2v) is 5.40. The summed E-state index contributed by atoms with van der Waals surface area (Å²) in [5.41, 5.74) is 2.77. The Morgan fingerprint density at radius 2 is 2.22 bits per heavy atom. The van der Waals surface area contributed by atoms with Gasteiger partial charge in [0.05, 0.1) is 6.61 Å². The van der Waals surface area contributed by atoms with E-state index in [-0.39, 0.29) is 0 Å². The van der Waals surface area contributed by atoms with Crippen LogP contribution in [0.1, 0.15) is 30.9 Å². The van der Waals surface area contributed by atoms with Crippen LogP contribution < -0.4 is 5.32 Å². The minimum Gasteiger partial charge on any atom is -0.381 e. The van der Waals surface area contributed by atoms with E-state index in [0.29, 0.717) is 5.92 Å². The van der Waals surface area contributed by atoms with Gasteiger partial charge < -0.3 is 10.1 Å². The third kappa shape index (κ3) is 4.79. The van der Waals surface area contributed by atoms with Gasteiger partial charge in [0.25, 0.3) is 0 Å². The number of hydrogen-bond donors (Lipinski definition) is 1. The van der Waals surface area contributed by atoms with E-state index in [1.165, 1.54) is 24.0 Å². The second kappa shape index (κ2) is 6.91. The fraction of sp³-hybridized carbons (Fsp3) is 0.625. The maximum atomic E-state index is 5.61. The van der Waals surface area contributed by atoms with E-state index in [1.807, 2.05) is 0 Å². The van der Waals surface area contributed by atoms with Crippen LogP contribution >= 0.6 is 0 Å². The van der Waals surface area contributed by atoms with Gasteiger partial charge in [-0.3, -0.25) is 0 Å². The fourth-order valence-corrected chi connectivity index (χ4v) is 2.27. The highest BCUT2D eigenvalue weighted by Gasteiger charge is 2.22. The molecule has 1 aromatic rings. The van der Waals surface area contributed by atoms with Crippen LogP contribution in [0.25, 0.3) is 0 Å². The van der Waals surface area contributed by atoms with Gasteiger partial charge in [-0.25, -0.2) is 0 Å². The molecule has 0 spiro atoms. The van der Waals surface area contributed by atoms with Crippen LogP contribution in [-0.2, 0) is 11.2 Å². The fourth-order valence-electron chi connectivity index (χ4n) is 2.27. The first-order valence-electron chi connectivity index (χ1n) is 7.14. The molecule has 0 saturated heterocycles. The molecule has 2 nitrogen and oxygen atoms in total. The molecule has 1 aliphatic rings. The summed E-state index contributed by atoms with van der Waals surface area (Å²) in [6.07, 6.45) is 3.82. The first kappa shape index (κ1) is 13.6. The van der Waals surface area contributed by atoms with E-state index in [9.17, 15) is 0 Å². The topological polar surface area (TPSA) is 21.3 Å². The summed E-state index contributed by atoms with van der Waals surface area (Å²) in [7, 11) is 0. The number of rotatable bonds is 8. The molecule has 1 N–H and O–H groups in total. The van der Waals surface area contributed by atoms with Crippen LogP contribution in [0.4, 0.5) is 0 Å². The van der Waals surface area contributed by atoms with Gasteiger partial charge in [0.1, 0.15) is 0 Å². The number of benzene rings is 1. The van der Waals surface area contributed by atoms with Crippen molar-refractivity contribution in [2.45, 2.75) is 39.2 Å². The van der Waals surface area contributed by atoms with Crippen LogP contribution in [0.2, 0.25) is 0 Å². The van der Waals surface area contributed by atoms with Crippen molar-refractivity contribution in [1.82, 2.24) is 5.32 Å². The zero-order valence-electron chi connectivity index (χ0n) is 11.6. The summed E-state index contributed by atoms with van der Waals surface area (Å²) in [4.78, 5) is 0. The molecule has 1 atom stereocenters. The van der Waals surface area contributed by atoms with Gasteiger partial charge in [0.2, 0.25) is 0 Å². The largest absolute Gasteiger partial charge is 0.381 e. The highest BCUT2D eigenvalue weighted by Crippen LogP contribution is 2.19. The Morgan fingerprint density at radius 3 is 2.89 bits per heavy atom. The van der Waals surface area contributed by atoms with Crippen LogP contribution in [-0.4, -0.2) is 25.8 Å². The van der Waals surface area contributed by atoms with Gasteiger partial charge in [-0.1, -0.05) is 29.8 Å². The van der Waals surface area contributed by atoms with Crippen molar-refractivity contribution in [1.29, 1.82) is 0 Å². The molecule has 1 aliphatic carbocycles. The van der Waals surface area contributed by atoms with Crippen molar-refractivity contribution >= 4 is 0 Å². The van der Waals surface area contributed by atoms with Crippen LogP contribution in [0.15, 0.2) is 24.3 Å². The molecule has 1 aromatic carbocycles. The monoisotopic (exact) mass is 247 g/mol. The quantitative estimate of drug-likeness (QED) is 0.762. The van der Waals surface area contributed by atoms with Crippen molar-refractivity contribution < 1.29 is 4.74 Å². The molecule has 1 saturated carbocycles. The van der Waals surface area contributed by atoms with Gasteiger partial charge in [0.15, 0.2) is 0 Å². The molecular formula is C16H25NO. The van der Waals surface area contributed by atoms with Gasteiger partial charge in [-0.05, 0) is 44.6 Å². The molecular weight excluding hydrogens is 222 g/mol. The standard InChI is InChI=1S/C16H25NO/c1-3-18-12-15(11-17-16-7-8-16)10-14-6-4-5-13(2)9-14/h4-6,9,15-17H,3,7-8,10-12H2,1-2H3. The van der Waals surface area contributed by atoms with E-state index < -0.39 is 0 Å². The average molecular weight is 247 g/mol. The minimum atomic E-state index is 0.590. The van der Waals surface area contributed by atoms with Crippen LogP contribution in [0, 0.1) is 12.8 Å². The first-order chi connectivity index (χ1) is 8.78. The summed E-state index contributed by atoms with van der Waals surface area (Å²) >= 11 is 0. The molecule has 0 bridgehead atoms. The van der Waals surface area contributed by atoms with Gasteiger partial charge in [-0.15, -0.1) is 0 Å². The van der Waals surface area contributed by atoms with Crippen LogP contribution in [0.5, 0.6) is 0 Å². The Hall–Kier alpha value is -0.860. The Labute approximate surface area is 111 Å². The van der Waals surface area contributed by atoms with Gasteiger partial charge in [0, 0.05) is 19.2 Å². The Morgan fingerprint density at radius 1 is 1.39 bits per heavy atom. The van der Waals surface area contributed by atoms with E-state index in [4.69, 9.17) is 4.74 Å². The molecule has 100 valence electrons. The number of hydrogen-bond acceptors (Lipinski definition) is 2.